The third-order valence-electron chi connectivity index (χ3n) is 3.14. The molecule has 5 nitrogen and oxygen atoms in total. The number of aromatic nitrogens is 3. The Morgan fingerprint density at radius 2 is 2.10 bits per heavy atom. The molecule has 1 aromatic carbocycles. The molecule has 3 aromatic rings. The molecule has 0 aliphatic rings. The predicted molar refractivity (Wildman–Crippen MR) is 83.1 cm³/mol. The van der Waals surface area contributed by atoms with Crippen LogP contribution in [0.15, 0.2) is 30.5 Å². The standard InChI is InChI=1S/C15H13N5S/c1-9-8-17-15(21-9)10(2)18-14-11-5-3-4-6-12(11)19-20-13(14)7-16/h3-6,8,10H,1-2H3,(H,18,19). The number of thiazole rings is 1. The van der Waals surface area contributed by atoms with Crippen LogP contribution in [0.3, 0.4) is 0 Å². The number of aryl methyl sites for hydroxylation is 1. The largest absolute Gasteiger partial charge is 0.373 e. The fraction of sp³-hybridized carbons (Fsp3) is 0.200. The van der Waals surface area contributed by atoms with E-state index in [2.05, 4.69) is 26.6 Å². The van der Waals surface area contributed by atoms with Crippen molar-refractivity contribution in [1.82, 2.24) is 15.2 Å². The summed E-state index contributed by atoms with van der Waals surface area (Å²) >= 11 is 1.64. The van der Waals surface area contributed by atoms with Gasteiger partial charge in [0.25, 0.3) is 0 Å². The second kappa shape index (κ2) is 5.46. The van der Waals surface area contributed by atoms with Crippen molar-refractivity contribution in [3.8, 4) is 6.07 Å². The molecule has 6 heteroatoms. The summed E-state index contributed by atoms with van der Waals surface area (Å²) in [7, 11) is 0. The van der Waals surface area contributed by atoms with E-state index in [4.69, 9.17) is 0 Å². The van der Waals surface area contributed by atoms with Gasteiger partial charge in [0.2, 0.25) is 0 Å². The summed E-state index contributed by atoms with van der Waals surface area (Å²) in [5.74, 6) is 0. The van der Waals surface area contributed by atoms with Crippen LogP contribution in [-0.4, -0.2) is 15.2 Å². The maximum atomic E-state index is 9.26. The zero-order chi connectivity index (χ0) is 14.8. The van der Waals surface area contributed by atoms with Gasteiger partial charge in [-0.15, -0.1) is 21.5 Å². The quantitative estimate of drug-likeness (QED) is 0.801. The molecule has 0 saturated heterocycles. The number of rotatable bonds is 3. The van der Waals surface area contributed by atoms with Crippen molar-refractivity contribution >= 4 is 27.9 Å². The lowest BCUT2D eigenvalue weighted by Crippen LogP contribution is -2.09. The van der Waals surface area contributed by atoms with E-state index in [1.165, 1.54) is 0 Å². The van der Waals surface area contributed by atoms with Crippen LogP contribution in [0, 0.1) is 18.3 Å². The van der Waals surface area contributed by atoms with Crippen molar-refractivity contribution in [3.05, 3.63) is 46.0 Å². The summed E-state index contributed by atoms with van der Waals surface area (Å²) < 4.78 is 0. The summed E-state index contributed by atoms with van der Waals surface area (Å²) in [6, 6.07) is 9.75. The summed E-state index contributed by atoms with van der Waals surface area (Å²) in [5, 5.41) is 22.6. The minimum absolute atomic E-state index is 0.00315. The summed E-state index contributed by atoms with van der Waals surface area (Å²) in [6.45, 7) is 4.05. The molecule has 0 aliphatic carbocycles. The average molecular weight is 295 g/mol. The number of fused-ring (bicyclic) bond motifs is 1. The molecule has 0 amide bonds. The first-order valence-electron chi connectivity index (χ1n) is 6.53. The monoisotopic (exact) mass is 295 g/mol. The Morgan fingerprint density at radius 1 is 1.29 bits per heavy atom. The maximum absolute atomic E-state index is 9.26. The summed E-state index contributed by atoms with van der Waals surface area (Å²) in [6.07, 6.45) is 1.85. The van der Waals surface area contributed by atoms with Crippen LogP contribution < -0.4 is 5.32 Å². The van der Waals surface area contributed by atoms with Crippen molar-refractivity contribution in [3.63, 3.8) is 0 Å². The Balaban J connectivity index is 2.05. The van der Waals surface area contributed by atoms with Crippen LogP contribution in [-0.2, 0) is 0 Å². The molecule has 1 N–H and O–H groups in total. The third-order valence-corrected chi connectivity index (χ3v) is 4.24. The molecule has 0 fully saturated rings. The van der Waals surface area contributed by atoms with Gasteiger partial charge >= 0.3 is 0 Å². The SMILES string of the molecule is Cc1cnc(C(C)Nc2c(C#N)nnc3ccccc23)s1. The Labute approximate surface area is 126 Å². The van der Waals surface area contributed by atoms with Crippen molar-refractivity contribution in [2.75, 3.05) is 5.32 Å². The van der Waals surface area contributed by atoms with Crippen molar-refractivity contribution in [2.45, 2.75) is 19.9 Å². The lowest BCUT2D eigenvalue weighted by atomic mass is 10.1. The summed E-state index contributed by atoms with van der Waals surface area (Å²) in [4.78, 5) is 5.55. The molecule has 0 bridgehead atoms. The van der Waals surface area contributed by atoms with Crippen molar-refractivity contribution in [2.24, 2.45) is 0 Å². The number of hydrogen-bond donors (Lipinski definition) is 1. The van der Waals surface area contributed by atoms with E-state index in [0.717, 1.165) is 20.8 Å². The van der Waals surface area contributed by atoms with Gasteiger partial charge in [-0.25, -0.2) is 4.98 Å². The predicted octanol–water partition coefficient (Wildman–Crippen LogP) is 3.44. The number of nitriles is 1. The van der Waals surface area contributed by atoms with E-state index in [9.17, 15) is 5.26 Å². The van der Waals surface area contributed by atoms with Crippen LogP contribution in [0.1, 0.15) is 28.5 Å². The van der Waals surface area contributed by atoms with Crippen LogP contribution in [0.5, 0.6) is 0 Å². The van der Waals surface area contributed by atoms with Gasteiger partial charge in [-0.05, 0) is 19.9 Å². The minimum atomic E-state index is 0.00315. The number of nitrogens with one attached hydrogen (secondary N) is 1. The van der Waals surface area contributed by atoms with E-state index in [-0.39, 0.29) is 6.04 Å². The molecular formula is C15H13N5S. The molecule has 1 atom stereocenters. The fourth-order valence-electron chi connectivity index (χ4n) is 2.13. The van der Waals surface area contributed by atoms with Gasteiger partial charge in [0, 0.05) is 16.5 Å². The Hall–Kier alpha value is -2.52. The third kappa shape index (κ3) is 2.56. The average Bonchev–Trinajstić information content (AvgIpc) is 2.94. The molecule has 0 radical (unpaired) electrons. The van der Waals surface area contributed by atoms with E-state index < -0.39 is 0 Å². The molecule has 0 aliphatic heterocycles. The molecule has 0 saturated carbocycles. The first kappa shape index (κ1) is 13.5. The molecular weight excluding hydrogens is 282 g/mol. The first-order chi connectivity index (χ1) is 10.2. The van der Waals surface area contributed by atoms with E-state index >= 15 is 0 Å². The zero-order valence-electron chi connectivity index (χ0n) is 11.7. The van der Waals surface area contributed by atoms with Crippen LogP contribution in [0.4, 0.5) is 5.69 Å². The van der Waals surface area contributed by atoms with Crippen molar-refractivity contribution in [1.29, 1.82) is 5.26 Å². The molecule has 104 valence electrons. The lowest BCUT2D eigenvalue weighted by molar-refractivity contribution is 0.866. The number of nitrogens with zero attached hydrogens (tertiary/aromatic N) is 4. The maximum Gasteiger partial charge on any atom is 0.186 e. The van der Waals surface area contributed by atoms with E-state index in [1.54, 1.807) is 11.3 Å². The van der Waals surface area contributed by atoms with Gasteiger partial charge in [-0.2, -0.15) is 5.26 Å². The minimum Gasteiger partial charge on any atom is -0.373 e. The second-order valence-electron chi connectivity index (χ2n) is 4.73. The topological polar surface area (TPSA) is 74.5 Å². The number of hydrogen-bond acceptors (Lipinski definition) is 6. The Kier molecular flexibility index (Phi) is 3.50. The zero-order valence-corrected chi connectivity index (χ0v) is 12.5. The normalized spacial score (nSPS) is 12.0. The molecule has 21 heavy (non-hydrogen) atoms. The van der Waals surface area contributed by atoms with Crippen LogP contribution in [0.25, 0.3) is 10.9 Å². The Morgan fingerprint density at radius 3 is 2.81 bits per heavy atom. The van der Waals surface area contributed by atoms with Gasteiger partial charge < -0.3 is 5.32 Å². The highest BCUT2D eigenvalue weighted by Crippen LogP contribution is 2.29. The van der Waals surface area contributed by atoms with Gasteiger partial charge in [0.15, 0.2) is 5.69 Å². The second-order valence-corrected chi connectivity index (χ2v) is 5.99. The van der Waals surface area contributed by atoms with Gasteiger partial charge in [0.1, 0.15) is 11.1 Å². The van der Waals surface area contributed by atoms with E-state index in [0.29, 0.717) is 11.4 Å². The van der Waals surface area contributed by atoms with Crippen LogP contribution >= 0.6 is 11.3 Å². The molecule has 2 aromatic heterocycles. The molecule has 1 unspecified atom stereocenters. The highest BCUT2D eigenvalue weighted by molar-refractivity contribution is 7.11. The van der Waals surface area contributed by atoms with Crippen LogP contribution in [0.2, 0.25) is 0 Å². The molecule has 3 rings (SSSR count). The van der Waals surface area contributed by atoms with E-state index in [1.807, 2.05) is 44.3 Å². The van der Waals surface area contributed by atoms with Gasteiger partial charge in [-0.1, -0.05) is 18.2 Å². The summed E-state index contributed by atoms with van der Waals surface area (Å²) in [5.41, 5.74) is 1.78. The fourth-order valence-corrected chi connectivity index (χ4v) is 2.91. The lowest BCUT2D eigenvalue weighted by Gasteiger charge is -2.15. The highest BCUT2D eigenvalue weighted by Gasteiger charge is 2.15. The van der Waals surface area contributed by atoms with Gasteiger partial charge in [-0.3, -0.25) is 0 Å². The molecule has 2 heterocycles. The molecule has 0 spiro atoms. The number of benzene rings is 1. The highest BCUT2D eigenvalue weighted by atomic mass is 32.1. The smallest absolute Gasteiger partial charge is 0.186 e. The number of anilines is 1. The Bertz CT molecular complexity index is 833. The van der Waals surface area contributed by atoms with Gasteiger partial charge in [0.05, 0.1) is 17.2 Å². The van der Waals surface area contributed by atoms with Crippen molar-refractivity contribution < 1.29 is 0 Å². The first-order valence-corrected chi connectivity index (χ1v) is 7.35.